The lowest BCUT2D eigenvalue weighted by Crippen LogP contribution is -2.56. The summed E-state index contributed by atoms with van der Waals surface area (Å²) in [7, 11) is 1.61. The lowest BCUT2D eigenvalue weighted by molar-refractivity contribution is -0.139. The van der Waals surface area contributed by atoms with Gasteiger partial charge in [0, 0.05) is 23.8 Å². The molecule has 1 aromatic carbocycles. The molecule has 10 heteroatoms. The Morgan fingerprint density at radius 3 is 2.67 bits per heavy atom. The monoisotopic (exact) mass is 578 g/mol. The number of methoxy groups -OCH3 is 1. The fraction of sp³-hybridized carbons (Fsp3) is 0.656. The summed E-state index contributed by atoms with van der Waals surface area (Å²) in [5.41, 5.74) is 1.16. The number of rotatable bonds is 2. The van der Waals surface area contributed by atoms with E-state index in [-0.39, 0.29) is 24.3 Å². The lowest BCUT2D eigenvalue weighted by Gasteiger charge is -2.34. The molecule has 2 bridgehead atoms. The molecule has 42 heavy (non-hydrogen) atoms. The number of nitrogens with one attached hydrogen (secondary N) is 1. The molecular weight excluding hydrogens is 536 g/mol. The molecule has 8 atom stereocenters. The van der Waals surface area contributed by atoms with E-state index in [1.807, 2.05) is 52.8 Å². The molecule has 10 nitrogen and oxygen atoms in total. The van der Waals surface area contributed by atoms with Gasteiger partial charge in [-0.2, -0.15) is 0 Å². The van der Waals surface area contributed by atoms with E-state index in [4.69, 9.17) is 24.2 Å². The number of benzene rings is 1. The first kappa shape index (κ1) is 28.7. The van der Waals surface area contributed by atoms with Gasteiger partial charge in [0.25, 0.3) is 0 Å². The zero-order chi connectivity index (χ0) is 30.0. The Kier molecular flexibility index (Phi) is 7.09. The zero-order valence-electron chi connectivity index (χ0n) is 25.4. The smallest absolute Gasteiger partial charge is 0.408 e. The maximum Gasteiger partial charge on any atom is 0.408 e. The number of carbonyl (C=O) groups is 3. The van der Waals surface area contributed by atoms with Crippen molar-refractivity contribution in [2.24, 2.45) is 23.2 Å². The van der Waals surface area contributed by atoms with Gasteiger partial charge in [-0.05, 0) is 56.1 Å². The van der Waals surface area contributed by atoms with Crippen LogP contribution in [0.4, 0.5) is 4.79 Å². The van der Waals surface area contributed by atoms with Crippen LogP contribution < -0.4 is 14.8 Å². The summed E-state index contributed by atoms with van der Waals surface area (Å²) in [5.74, 6) is 1.55. The summed E-state index contributed by atoms with van der Waals surface area (Å²) in [6.07, 6.45) is 4.65. The van der Waals surface area contributed by atoms with Crippen LogP contribution >= 0.6 is 0 Å². The molecule has 2 saturated carbocycles. The van der Waals surface area contributed by atoms with Gasteiger partial charge >= 0.3 is 6.09 Å². The Morgan fingerprint density at radius 1 is 1.17 bits per heavy atom. The van der Waals surface area contributed by atoms with Crippen molar-refractivity contribution < 1.29 is 28.6 Å². The summed E-state index contributed by atoms with van der Waals surface area (Å²) >= 11 is 0. The van der Waals surface area contributed by atoms with Gasteiger partial charge in [-0.1, -0.05) is 34.1 Å². The molecule has 2 aliphatic heterocycles. The van der Waals surface area contributed by atoms with E-state index in [9.17, 15) is 14.4 Å². The van der Waals surface area contributed by atoms with Gasteiger partial charge in [-0.3, -0.25) is 4.79 Å². The van der Waals surface area contributed by atoms with E-state index in [0.717, 1.165) is 49.6 Å². The first-order valence-corrected chi connectivity index (χ1v) is 15.2. The first-order chi connectivity index (χ1) is 19.9. The van der Waals surface area contributed by atoms with Gasteiger partial charge in [0.2, 0.25) is 11.8 Å². The van der Waals surface area contributed by atoms with Crippen molar-refractivity contribution in [3.05, 3.63) is 23.9 Å². The summed E-state index contributed by atoms with van der Waals surface area (Å²) in [6.45, 7) is 9.76. The lowest BCUT2D eigenvalue weighted by atomic mass is 9.85. The molecule has 3 fully saturated rings. The molecule has 226 valence electrons. The van der Waals surface area contributed by atoms with Gasteiger partial charge in [-0.25, -0.2) is 14.8 Å². The van der Waals surface area contributed by atoms with Crippen LogP contribution in [0.1, 0.15) is 78.3 Å². The number of fused-ring (bicyclic) bond motifs is 7. The Hall–Kier alpha value is -3.43. The fourth-order valence-corrected chi connectivity index (χ4v) is 6.86. The number of nitrogens with zero attached hydrogens (tertiary/aromatic N) is 3. The minimum absolute atomic E-state index is 0.192. The van der Waals surface area contributed by atoms with Crippen molar-refractivity contribution >= 4 is 29.3 Å². The van der Waals surface area contributed by atoms with Gasteiger partial charge < -0.3 is 29.2 Å². The third-order valence-corrected chi connectivity index (χ3v) is 9.87. The second-order valence-corrected chi connectivity index (χ2v) is 14.0. The molecule has 0 radical (unpaired) electrons. The highest BCUT2D eigenvalue weighted by Gasteiger charge is 2.54. The van der Waals surface area contributed by atoms with Gasteiger partial charge in [0.15, 0.2) is 0 Å². The zero-order valence-corrected chi connectivity index (χ0v) is 25.4. The number of amides is 2. The van der Waals surface area contributed by atoms with E-state index in [0.29, 0.717) is 29.0 Å². The highest BCUT2D eigenvalue weighted by Crippen LogP contribution is 2.54. The molecular formula is C32H42N4O6. The maximum absolute atomic E-state index is 14.0. The molecule has 1 saturated heterocycles. The molecule has 1 aromatic heterocycles. The van der Waals surface area contributed by atoms with Gasteiger partial charge in [0.1, 0.15) is 35.5 Å². The van der Waals surface area contributed by atoms with Crippen molar-refractivity contribution in [1.29, 1.82) is 0 Å². The van der Waals surface area contributed by atoms with Crippen molar-refractivity contribution in [3.8, 4) is 11.6 Å². The number of ether oxygens (including phenoxy) is 3. The Morgan fingerprint density at radius 2 is 1.95 bits per heavy atom. The van der Waals surface area contributed by atoms with E-state index < -0.39 is 35.3 Å². The van der Waals surface area contributed by atoms with E-state index in [2.05, 4.69) is 5.32 Å². The number of carbonyl (C=O) groups excluding carboxylic acids is 3. The minimum Gasteiger partial charge on any atom is -0.497 e. The SMILES string of the molecule is COc1ccc2nc3c(nc2c1)O[C@H]1CN(C(=O)[C@H](C(C)(C)C)NC(=O)O[C@]2(C)C[C@H]2CCCC2CC32)[C@H](C=O)[C@@H]1C. The average Bonchev–Trinajstić information content (AvgIpc) is 3.82. The predicted octanol–water partition coefficient (Wildman–Crippen LogP) is 4.64. The summed E-state index contributed by atoms with van der Waals surface area (Å²) in [6, 6.07) is 4.05. The largest absolute Gasteiger partial charge is 0.497 e. The minimum atomic E-state index is -0.881. The molecule has 0 spiro atoms. The summed E-state index contributed by atoms with van der Waals surface area (Å²) < 4.78 is 17.9. The highest BCUT2D eigenvalue weighted by atomic mass is 16.6. The Balaban J connectivity index is 1.37. The van der Waals surface area contributed by atoms with Crippen LogP contribution in [0.15, 0.2) is 18.2 Å². The molecule has 2 unspecified atom stereocenters. The van der Waals surface area contributed by atoms with E-state index in [1.54, 1.807) is 12.0 Å². The third-order valence-electron chi connectivity index (χ3n) is 9.87. The molecule has 2 amide bonds. The molecule has 3 heterocycles. The van der Waals surface area contributed by atoms with Crippen molar-refractivity contribution in [3.63, 3.8) is 0 Å². The highest BCUT2D eigenvalue weighted by molar-refractivity contribution is 5.89. The van der Waals surface area contributed by atoms with Crippen LogP contribution in [0.5, 0.6) is 11.6 Å². The molecule has 6 rings (SSSR count). The molecule has 4 aliphatic rings. The number of hydrogen-bond donors (Lipinski definition) is 1. The van der Waals surface area contributed by atoms with Gasteiger partial charge in [-0.15, -0.1) is 0 Å². The number of aldehydes is 1. The fourth-order valence-electron chi connectivity index (χ4n) is 6.86. The molecule has 2 aromatic rings. The topological polar surface area (TPSA) is 120 Å². The van der Waals surface area contributed by atoms with E-state index >= 15 is 0 Å². The van der Waals surface area contributed by atoms with Crippen LogP contribution in [-0.4, -0.2) is 70.6 Å². The quantitative estimate of drug-likeness (QED) is 0.512. The molecule has 2 aliphatic carbocycles. The second kappa shape index (κ2) is 10.4. The van der Waals surface area contributed by atoms with Crippen molar-refractivity contribution in [1.82, 2.24) is 20.2 Å². The third kappa shape index (κ3) is 5.28. The Bertz CT molecular complexity index is 1410. The van der Waals surface area contributed by atoms with Crippen LogP contribution in [0, 0.1) is 23.2 Å². The summed E-state index contributed by atoms with van der Waals surface area (Å²) in [5, 5.41) is 2.85. The second-order valence-electron chi connectivity index (χ2n) is 14.0. The van der Waals surface area contributed by atoms with Crippen LogP contribution in [0.25, 0.3) is 11.0 Å². The summed E-state index contributed by atoms with van der Waals surface area (Å²) in [4.78, 5) is 51.0. The van der Waals surface area contributed by atoms with Crippen molar-refractivity contribution in [2.75, 3.05) is 13.7 Å². The van der Waals surface area contributed by atoms with Gasteiger partial charge in [0.05, 0.1) is 30.7 Å². The number of hydrogen-bond acceptors (Lipinski definition) is 8. The first-order valence-electron chi connectivity index (χ1n) is 15.2. The maximum atomic E-state index is 14.0. The van der Waals surface area contributed by atoms with Crippen LogP contribution in [0.2, 0.25) is 0 Å². The van der Waals surface area contributed by atoms with Crippen LogP contribution in [0.3, 0.4) is 0 Å². The predicted molar refractivity (Wildman–Crippen MR) is 155 cm³/mol. The van der Waals surface area contributed by atoms with Crippen LogP contribution in [-0.2, 0) is 14.3 Å². The Labute approximate surface area is 246 Å². The van der Waals surface area contributed by atoms with E-state index in [1.165, 1.54) is 0 Å². The standard InChI is InChI=1S/C32H42N4O6/c1-17-24(16-37)36-15-25(17)41-28-26(33-22-11-10-20(40-6)13-23(22)34-28)21-12-18(21)8-7-9-19-14-32(19,5)42-30(39)35-27(29(36)38)31(2,3)4/h10-11,13,16-19,21,24-25,27H,7-9,12,14-15H2,1-6H3,(H,35,39)/t17-,18?,19+,21?,24+,25-,27+,32+/m0/s1. The van der Waals surface area contributed by atoms with Crippen molar-refractivity contribution in [2.45, 2.75) is 96.4 Å². The average molecular weight is 579 g/mol. The number of alkyl carbamates (subject to hydrolysis) is 1. The number of aromatic nitrogens is 2. The normalized spacial score (nSPS) is 34.9. The molecule has 1 N–H and O–H groups in total.